The predicted molar refractivity (Wildman–Crippen MR) is 119 cm³/mol. The van der Waals surface area contributed by atoms with E-state index in [2.05, 4.69) is 21.8 Å². The van der Waals surface area contributed by atoms with Crippen molar-refractivity contribution in [2.45, 2.75) is 0 Å². The van der Waals surface area contributed by atoms with Crippen molar-refractivity contribution in [2.75, 3.05) is 46.4 Å². The minimum atomic E-state index is -0.221. The summed E-state index contributed by atoms with van der Waals surface area (Å²) >= 11 is 11.7. The summed E-state index contributed by atoms with van der Waals surface area (Å²) in [7, 11) is 2.14. The fraction of sp³-hybridized carbons (Fsp3) is 0.333. The van der Waals surface area contributed by atoms with Gasteiger partial charge in [-0.3, -0.25) is 14.3 Å². The topological polar surface area (TPSA) is 53.5 Å². The smallest absolute Gasteiger partial charge is 0.266 e. The fourth-order valence-electron chi connectivity index (χ4n) is 3.50. The highest BCUT2D eigenvalue weighted by molar-refractivity contribution is 7.71. The third-order valence-electron chi connectivity index (χ3n) is 5.23. The summed E-state index contributed by atoms with van der Waals surface area (Å²) < 4.78 is 7.66. The highest BCUT2D eigenvalue weighted by atomic mass is 35.5. The molecule has 8 heteroatoms. The van der Waals surface area contributed by atoms with Gasteiger partial charge in [0, 0.05) is 32.7 Å². The number of aromatic amines is 1. The number of ether oxygens (including phenoxy) is 1. The molecule has 0 spiro atoms. The average Bonchev–Trinajstić information content (AvgIpc) is 2.71. The molecule has 1 N–H and O–H groups in total. The minimum absolute atomic E-state index is 0.221. The summed E-state index contributed by atoms with van der Waals surface area (Å²) in [4.78, 5) is 21.0. The van der Waals surface area contributed by atoms with Gasteiger partial charge in [0.15, 0.2) is 4.77 Å². The lowest BCUT2D eigenvalue weighted by Gasteiger charge is -2.32. The second-order valence-electron chi connectivity index (χ2n) is 7.22. The first kappa shape index (κ1) is 20.1. The molecule has 0 aliphatic carbocycles. The van der Waals surface area contributed by atoms with E-state index in [4.69, 9.17) is 28.6 Å². The number of para-hydroxylation sites is 1. The molecule has 1 aromatic heterocycles. The van der Waals surface area contributed by atoms with Gasteiger partial charge in [-0.25, -0.2) is 0 Å². The van der Waals surface area contributed by atoms with Crippen LogP contribution in [0.1, 0.15) is 0 Å². The number of likely N-dealkylation sites (N-methyl/N-ethyl adjacent to an activating group) is 1. The Morgan fingerprint density at radius 1 is 1.14 bits per heavy atom. The number of H-pyrrole nitrogens is 1. The lowest BCUT2D eigenvalue weighted by molar-refractivity contribution is 0.134. The maximum Gasteiger partial charge on any atom is 0.266 e. The summed E-state index contributed by atoms with van der Waals surface area (Å²) in [6.45, 7) is 5.71. The van der Waals surface area contributed by atoms with Gasteiger partial charge in [0.1, 0.15) is 12.4 Å². The molecule has 152 valence electrons. The molecule has 1 fully saturated rings. The lowest BCUT2D eigenvalue weighted by atomic mass is 10.2. The lowest BCUT2D eigenvalue weighted by Crippen LogP contribution is -2.45. The molecule has 2 heterocycles. The van der Waals surface area contributed by atoms with Crippen molar-refractivity contribution >= 4 is 34.7 Å². The Bertz CT molecular complexity index is 1140. The van der Waals surface area contributed by atoms with Crippen LogP contribution in [-0.4, -0.2) is 65.7 Å². The number of nitrogens with one attached hydrogen (secondary N) is 1. The number of fused-ring (bicyclic) bond motifs is 1. The van der Waals surface area contributed by atoms with Crippen LogP contribution in [0.15, 0.2) is 47.3 Å². The number of hydrogen-bond donors (Lipinski definition) is 1. The van der Waals surface area contributed by atoms with Crippen molar-refractivity contribution in [1.82, 2.24) is 19.4 Å². The van der Waals surface area contributed by atoms with Crippen molar-refractivity contribution in [2.24, 2.45) is 0 Å². The SMILES string of the molecule is CN1CCN(CCOc2ccc3[nH]c(=S)n(-c4ccccc4Cl)c(=O)c3c2)CC1. The minimum Gasteiger partial charge on any atom is -0.492 e. The first-order valence-corrected chi connectivity index (χ1v) is 10.4. The van der Waals surface area contributed by atoms with Crippen LogP contribution >= 0.6 is 23.8 Å². The number of hydrogen-bond acceptors (Lipinski definition) is 5. The predicted octanol–water partition coefficient (Wildman–Crippen LogP) is 3.33. The van der Waals surface area contributed by atoms with E-state index in [-0.39, 0.29) is 5.56 Å². The van der Waals surface area contributed by atoms with Crippen LogP contribution in [0.3, 0.4) is 0 Å². The van der Waals surface area contributed by atoms with E-state index in [0.717, 1.165) is 32.7 Å². The van der Waals surface area contributed by atoms with E-state index >= 15 is 0 Å². The Morgan fingerprint density at radius 2 is 1.90 bits per heavy atom. The number of aromatic nitrogens is 2. The third-order valence-corrected chi connectivity index (χ3v) is 5.84. The van der Waals surface area contributed by atoms with Crippen molar-refractivity contribution in [3.8, 4) is 11.4 Å². The van der Waals surface area contributed by atoms with Gasteiger partial charge in [-0.1, -0.05) is 23.7 Å². The van der Waals surface area contributed by atoms with Crippen LogP contribution < -0.4 is 10.3 Å². The molecule has 0 amide bonds. The van der Waals surface area contributed by atoms with Gasteiger partial charge in [0.2, 0.25) is 0 Å². The number of halogens is 1. The van der Waals surface area contributed by atoms with Crippen LogP contribution in [-0.2, 0) is 0 Å². The Labute approximate surface area is 179 Å². The summed E-state index contributed by atoms with van der Waals surface area (Å²) in [5.41, 5.74) is 1.01. The zero-order valence-electron chi connectivity index (χ0n) is 16.2. The van der Waals surface area contributed by atoms with E-state index in [0.29, 0.717) is 38.7 Å². The van der Waals surface area contributed by atoms with E-state index in [1.54, 1.807) is 18.2 Å². The molecule has 1 aliphatic rings. The van der Waals surface area contributed by atoms with Crippen molar-refractivity contribution < 1.29 is 4.74 Å². The molecule has 3 aromatic rings. The van der Waals surface area contributed by atoms with Gasteiger partial charge in [0.05, 0.1) is 21.6 Å². The molecule has 6 nitrogen and oxygen atoms in total. The van der Waals surface area contributed by atoms with Crippen LogP contribution in [0.5, 0.6) is 5.75 Å². The van der Waals surface area contributed by atoms with Crippen molar-refractivity contribution in [3.05, 3.63) is 62.6 Å². The molecule has 0 bridgehead atoms. The Hall–Kier alpha value is -2.19. The first-order valence-electron chi connectivity index (χ1n) is 9.60. The fourth-order valence-corrected chi connectivity index (χ4v) is 4.01. The summed E-state index contributed by atoms with van der Waals surface area (Å²) in [6.07, 6.45) is 0. The van der Waals surface area contributed by atoms with E-state index in [1.807, 2.05) is 24.3 Å². The Kier molecular flexibility index (Phi) is 6.01. The molecule has 0 radical (unpaired) electrons. The van der Waals surface area contributed by atoms with E-state index in [9.17, 15) is 4.79 Å². The highest BCUT2D eigenvalue weighted by Gasteiger charge is 2.14. The van der Waals surface area contributed by atoms with Crippen molar-refractivity contribution in [1.29, 1.82) is 0 Å². The maximum absolute atomic E-state index is 13.2. The van der Waals surface area contributed by atoms with Crippen LogP contribution in [0.4, 0.5) is 0 Å². The van der Waals surface area contributed by atoms with Gasteiger partial charge < -0.3 is 14.6 Å². The monoisotopic (exact) mass is 430 g/mol. The molecule has 1 aliphatic heterocycles. The van der Waals surface area contributed by atoms with Gasteiger partial charge in [-0.05, 0) is 49.6 Å². The Morgan fingerprint density at radius 3 is 2.66 bits per heavy atom. The molecular formula is C21H23ClN4O2S. The van der Waals surface area contributed by atoms with Crippen LogP contribution in [0, 0.1) is 4.77 Å². The first-order chi connectivity index (χ1) is 14.0. The zero-order valence-corrected chi connectivity index (χ0v) is 17.8. The molecule has 1 saturated heterocycles. The van der Waals surface area contributed by atoms with Gasteiger partial charge in [0.25, 0.3) is 5.56 Å². The molecule has 2 aromatic carbocycles. The third kappa shape index (κ3) is 4.38. The zero-order chi connectivity index (χ0) is 20.4. The standard InChI is InChI=1S/C21H23ClN4O2S/c1-24-8-10-25(11-9-24)12-13-28-15-6-7-18-16(14-15)20(27)26(21(29)23-18)19-5-3-2-4-17(19)22/h2-7,14H,8-13H2,1H3,(H,23,29). The number of nitrogens with zero attached hydrogens (tertiary/aromatic N) is 3. The van der Waals surface area contributed by atoms with E-state index in [1.165, 1.54) is 4.57 Å². The largest absolute Gasteiger partial charge is 0.492 e. The summed E-state index contributed by atoms with van der Waals surface area (Å²) in [5.74, 6) is 0.667. The summed E-state index contributed by atoms with van der Waals surface area (Å²) in [5, 5.41) is 0.976. The van der Waals surface area contributed by atoms with Gasteiger partial charge >= 0.3 is 0 Å². The molecular weight excluding hydrogens is 408 g/mol. The van der Waals surface area contributed by atoms with Crippen LogP contribution in [0.25, 0.3) is 16.6 Å². The van der Waals surface area contributed by atoms with Gasteiger partial charge in [-0.2, -0.15) is 0 Å². The number of rotatable bonds is 5. The second-order valence-corrected chi connectivity index (χ2v) is 8.02. The maximum atomic E-state index is 13.2. The normalized spacial score (nSPS) is 15.7. The molecule has 0 saturated carbocycles. The van der Waals surface area contributed by atoms with Crippen LogP contribution in [0.2, 0.25) is 5.02 Å². The van der Waals surface area contributed by atoms with E-state index < -0.39 is 0 Å². The average molecular weight is 431 g/mol. The quantitative estimate of drug-likeness (QED) is 0.629. The molecule has 29 heavy (non-hydrogen) atoms. The number of benzene rings is 2. The van der Waals surface area contributed by atoms with Crippen molar-refractivity contribution in [3.63, 3.8) is 0 Å². The second kappa shape index (κ2) is 8.67. The number of piperazine rings is 1. The summed E-state index contributed by atoms with van der Waals surface area (Å²) in [6, 6.07) is 12.6. The molecule has 0 atom stereocenters. The highest BCUT2D eigenvalue weighted by Crippen LogP contribution is 2.21. The molecule has 0 unspecified atom stereocenters. The Balaban J connectivity index is 1.58. The van der Waals surface area contributed by atoms with Gasteiger partial charge in [-0.15, -0.1) is 0 Å². The molecule has 4 rings (SSSR count).